The lowest BCUT2D eigenvalue weighted by Crippen LogP contribution is -2.45. The van der Waals surface area contributed by atoms with Crippen LogP contribution in [0.2, 0.25) is 5.02 Å². The third-order valence-electron chi connectivity index (χ3n) is 7.38. The highest BCUT2D eigenvalue weighted by Crippen LogP contribution is 2.47. The zero-order valence-corrected chi connectivity index (χ0v) is 21.2. The molecule has 2 heterocycles. The lowest BCUT2D eigenvalue weighted by molar-refractivity contribution is -0.136. The van der Waals surface area contributed by atoms with Gasteiger partial charge in [0, 0.05) is 17.0 Å². The number of hydrogen-bond acceptors (Lipinski definition) is 5. The van der Waals surface area contributed by atoms with E-state index < -0.39 is 16.0 Å². The molecule has 3 aromatic rings. The van der Waals surface area contributed by atoms with Crippen LogP contribution in [0, 0.1) is 11.8 Å². The number of benzene rings is 2. The van der Waals surface area contributed by atoms with E-state index >= 15 is 0 Å². The Hall–Kier alpha value is -2.62. The van der Waals surface area contributed by atoms with Crippen LogP contribution < -0.4 is 4.74 Å². The van der Waals surface area contributed by atoms with Crippen molar-refractivity contribution >= 4 is 38.5 Å². The topological polar surface area (TPSA) is 102 Å². The molecule has 10 heteroatoms. The van der Waals surface area contributed by atoms with Gasteiger partial charge >= 0.3 is 5.97 Å². The van der Waals surface area contributed by atoms with Crippen molar-refractivity contribution in [2.24, 2.45) is 11.8 Å². The number of halogens is 1. The fourth-order valence-electron chi connectivity index (χ4n) is 5.52. The van der Waals surface area contributed by atoms with Crippen molar-refractivity contribution in [2.45, 2.75) is 49.6 Å². The lowest BCUT2D eigenvalue weighted by atomic mass is 9.76. The molecule has 186 valence electrons. The zero-order chi connectivity index (χ0) is 24.9. The van der Waals surface area contributed by atoms with Gasteiger partial charge in [-0.15, -0.1) is 0 Å². The molecule has 8 nitrogen and oxygen atoms in total. The largest absolute Gasteiger partial charge is 0.497 e. The molecule has 2 aliphatic rings. The van der Waals surface area contributed by atoms with E-state index in [-0.39, 0.29) is 35.2 Å². The maximum absolute atomic E-state index is 13.8. The number of carboxylic acids is 1. The minimum Gasteiger partial charge on any atom is -0.497 e. The van der Waals surface area contributed by atoms with Crippen molar-refractivity contribution in [1.29, 1.82) is 0 Å². The van der Waals surface area contributed by atoms with Gasteiger partial charge in [0.2, 0.25) is 10.0 Å². The van der Waals surface area contributed by atoms with Crippen LogP contribution in [0.3, 0.4) is 0 Å². The average molecular weight is 518 g/mol. The average Bonchev–Trinajstić information content (AvgIpc) is 3.29. The van der Waals surface area contributed by atoms with Crippen molar-refractivity contribution in [1.82, 2.24) is 14.1 Å². The van der Waals surface area contributed by atoms with Gasteiger partial charge in [-0.25, -0.2) is 8.42 Å². The summed E-state index contributed by atoms with van der Waals surface area (Å²) in [6, 6.07) is 11.3. The van der Waals surface area contributed by atoms with Crippen LogP contribution in [-0.2, 0) is 21.2 Å². The Morgan fingerprint density at radius 1 is 1.17 bits per heavy atom. The number of sulfonamides is 1. The summed E-state index contributed by atoms with van der Waals surface area (Å²) in [7, 11) is -2.22. The van der Waals surface area contributed by atoms with Crippen LogP contribution in [-0.4, -0.2) is 53.3 Å². The fourth-order valence-corrected chi connectivity index (χ4v) is 7.49. The van der Waals surface area contributed by atoms with Gasteiger partial charge in [0.25, 0.3) is 0 Å². The van der Waals surface area contributed by atoms with Crippen LogP contribution in [0.1, 0.15) is 37.9 Å². The Morgan fingerprint density at radius 3 is 2.49 bits per heavy atom. The fraction of sp³-hybridized carbons (Fsp3) is 0.440. The Balaban J connectivity index is 1.61. The van der Waals surface area contributed by atoms with E-state index in [4.69, 9.17) is 21.4 Å². The van der Waals surface area contributed by atoms with Crippen molar-refractivity contribution in [2.75, 3.05) is 13.7 Å². The van der Waals surface area contributed by atoms with E-state index in [0.717, 1.165) is 30.2 Å². The third-order valence-corrected chi connectivity index (χ3v) is 9.49. The normalized spacial score (nSPS) is 23.5. The highest BCUT2D eigenvalue weighted by atomic mass is 35.5. The molecule has 3 atom stereocenters. The summed E-state index contributed by atoms with van der Waals surface area (Å²) in [5, 5.41) is 15.4. The molecule has 1 aromatic heterocycles. The Labute approximate surface area is 209 Å². The number of fused-ring (bicyclic) bond motifs is 1. The Morgan fingerprint density at radius 2 is 1.89 bits per heavy atom. The number of carboxylic acid groups (broad SMARTS) is 1. The minimum atomic E-state index is -3.77. The van der Waals surface area contributed by atoms with E-state index in [1.807, 2.05) is 11.6 Å². The van der Waals surface area contributed by atoms with Crippen LogP contribution in [0.15, 0.2) is 47.4 Å². The summed E-state index contributed by atoms with van der Waals surface area (Å²) in [5.74, 6) is -0.198. The van der Waals surface area contributed by atoms with Gasteiger partial charge in [-0.1, -0.05) is 24.9 Å². The molecule has 1 aliphatic heterocycles. The number of nitrogens with zero attached hydrogens (tertiary/aromatic N) is 3. The number of rotatable bonds is 7. The first-order chi connectivity index (χ1) is 16.7. The SMILES string of the molecule is COc1ccc(S(=O)(=O)N2C[C@@H](C)[C@@H](n3nc(CC(=O)O)c4ccc(Cl)cc43)C2C2CCC2)cc1. The van der Waals surface area contributed by atoms with Crippen molar-refractivity contribution in [3.63, 3.8) is 0 Å². The molecule has 1 N–H and O–H groups in total. The van der Waals surface area contributed by atoms with Crippen LogP contribution in [0.25, 0.3) is 10.9 Å². The highest BCUT2D eigenvalue weighted by molar-refractivity contribution is 7.89. The number of aliphatic carboxylic acids is 1. The molecule has 2 aromatic carbocycles. The third kappa shape index (κ3) is 4.19. The molecule has 35 heavy (non-hydrogen) atoms. The van der Waals surface area contributed by atoms with Crippen LogP contribution >= 0.6 is 11.6 Å². The molecule has 5 rings (SSSR count). The van der Waals surface area contributed by atoms with Gasteiger partial charge in [0.1, 0.15) is 5.75 Å². The molecular weight excluding hydrogens is 490 g/mol. The summed E-state index contributed by atoms with van der Waals surface area (Å²) in [6.07, 6.45) is 2.75. The van der Waals surface area contributed by atoms with Gasteiger partial charge in [-0.2, -0.15) is 9.40 Å². The minimum absolute atomic E-state index is 0.0339. The summed E-state index contributed by atoms with van der Waals surface area (Å²) in [5.41, 5.74) is 1.19. The molecular formula is C25H28ClN3O5S. The Bertz CT molecular complexity index is 1370. The lowest BCUT2D eigenvalue weighted by Gasteiger charge is -2.39. The smallest absolute Gasteiger partial charge is 0.309 e. The summed E-state index contributed by atoms with van der Waals surface area (Å²) < 4.78 is 36.4. The van der Waals surface area contributed by atoms with Gasteiger partial charge in [-0.3, -0.25) is 9.48 Å². The van der Waals surface area contributed by atoms with Crippen molar-refractivity contribution in [3.05, 3.63) is 53.2 Å². The highest BCUT2D eigenvalue weighted by Gasteiger charge is 2.51. The second-order valence-electron chi connectivity index (χ2n) is 9.52. The predicted molar refractivity (Wildman–Crippen MR) is 132 cm³/mol. The summed E-state index contributed by atoms with van der Waals surface area (Å²) in [6.45, 7) is 2.39. The zero-order valence-electron chi connectivity index (χ0n) is 19.6. The van der Waals surface area contributed by atoms with Gasteiger partial charge < -0.3 is 9.84 Å². The molecule has 2 fully saturated rings. The van der Waals surface area contributed by atoms with Crippen molar-refractivity contribution in [3.8, 4) is 5.75 Å². The van der Waals surface area contributed by atoms with E-state index in [1.165, 1.54) is 0 Å². The molecule has 1 saturated heterocycles. The van der Waals surface area contributed by atoms with E-state index in [2.05, 4.69) is 0 Å². The number of carbonyl (C=O) groups is 1. The maximum atomic E-state index is 13.8. The first kappa shape index (κ1) is 24.1. The molecule has 1 saturated carbocycles. The van der Waals surface area contributed by atoms with Gasteiger partial charge in [-0.05, 0) is 67.1 Å². The molecule has 1 unspecified atom stereocenters. The summed E-state index contributed by atoms with van der Waals surface area (Å²) >= 11 is 6.32. The second kappa shape index (κ2) is 9.11. The number of hydrogen-bond donors (Lipinski definition) is 1. The molecule has 0 amide bonds. The van der Waals surface area contributed by atoms with E-state index in [1.54, 1.807) is 53.9 Å². The quantitative estimate of drug-likeness (QED) is 0.499. The van der Waals surface area contributed by atoms with Crippen molar-refractivity contribution < 1.29 is 23.1 Å². The number of methoxy groups -OCH3 is 1. The van der Waals surface area contributed by atoms with Gasteiger partial charge in [0.05, 0.1) is 41.7 Å². The first-order valence-electron chi connectivity index (χ1n) is 11.7. The van der Waals surface area contributed by atoms with Gasteiger partial charge in [0.15, 0.2) is 0 Å². The molecule has 0 spiro atoms. The molecule has 1 aliphatic carbocycles. The van der Waals surface area contributed by atoms with E-state index in [9.17, 15) is 18.3 Å². The van der Waals surface area contributed by atoms with E-state index in [0.29, 0.717) is 23.0 Å². The van der Waals surface area contributed by atoms with Crippen LogP contribution in [0.5, 0.6) is 5.75 Å². The monoisotopic (exact) mass is 517 g/mol. The molecule has 0 bridgehead atoms. The first-order valence-corrected chi connectivity index (χ1v) is 13.6. The second-order valence-corrected chi connectivity index (χ2v) is 11.8. The standard InChI is InChI=1S/C25H28ClN3O5S/c1-15-14-28(35(32,33)19-9-7-18(34-2)8-10-19)25(16-4-3-5-16)24(15)29-22-12-17(26)6-11-20(22)21(27-29)13-23(30)31/h6-12,15-16,24-25H,3-5,13-14H2,1-2H3,(H,30,31)/t15-,24-,25?/m1/s1. The number of aromatic nitrogens is 2. The van der Waals surface area contributed by atoms with Crippen LogP contribution in [0.4, 0.5) is 0 Å². The predicted octanol–water partition coefficient (Wildman–Crippen LogP) is 4.38. The summed E-state index contributed by atoms with van der Waals surface area (Å²) in [4.78, 5) is 11.7. The maximum Gasteiger partial charge on any atom is 0.309 e. The number of ether oxygens (including phenoxy) is 1. The Kier molecular flexibility index (Phi) is 6.27. The molecule has 0 radical (unpaired) electrons.